The van der Waals surface area contributed by atoms with Crippen LogP contribution in [0.2, 0.25) is 0 Å². The number of alkyl halides is 3. The van der Waals surface area contributed by atoms with Gasteiger partial charge in [0.2, 0.25) is 0 Å². The average molecular weight is 544 g/mol. The number of rotatable bonds is 6. The summed E-state index contributed by atoms with van der Waals surface area (Å²) < 4.78 is 90.7. The number of methoxy groups -OCH3 is 1. The maximum atomic E-state index is 13.6. The lowest BCUT2D eigenvalue weighted by Crippen LogP contribution is -2.42. The fraction of sp³-hybridized carbons (Fsp3) is 0.625. The predicted molar refractivity (Wildman–Crippen MR) is 130 cm³/mol. The Morgan fingerprint density at radius 1 is 1.14 bits per heavy atom. The molecule has 0 N–H and O–H groups in total. The Hall–Kier alpha value is -1.93. The second-order valence-electron chi connectivity index (χ2n) is 10.8. The number of sulfone groups is 1. The van der Waals surface area contributed by atoms with E-state index in [9.17, 15) is 21.6 Å². The first-order valence-electron chi connectivity index (χ1n) is 12.0. The molecule has 0 amide bonds. The lowest BCUT2D eigenvalue weighted by molar-refractivity contribution is -0.137. The molecule has 1 aromatic heterocycles. The largest absolute Gasteiger partial charge is 0.516 e. The van der Waals surface area contributed by atoms with E-state index in [-0.39, 0.29) is 31.1 Å². The molecule has 3 heterocycles. The van der Waals surface area contributed by atoms with E-state index in [0.29, 0.717) is 17.4 Å². The first-order valence-corrected chi connectivity index (χ1v) is 13.4. The van der Waals surface area contributed by atoms with Crippen molar-refractivity contribution in [2.24, 2.45) is 0 Å². The number of aromatic nitrogens is 2. The van der Waals surface area contributed by atoms with Crippen molar-refractivity contribution in [2.45, 2.75) is 87.3 Å². The molecule has 0 saturated carbocycles. The van der Waals surface area contributed by atoms with E-state index in [2.05, 4.69) is 5.10 Å². The lowest BCUT2D eigenvalue weighted by atomic mass is 9.84. The normalized spacial score (nSPS) is 26.0. The van der Waals surface area contributed by atoms with Crippen LogP contribution in [0.1, 0.15) is 64.8 Å². The molecule has 1 aromatic carbocycles. The number of benzene rings is 1. The van der Waals surface area contributed by atoms with E-state index >= 15 is 0 Å². The van der Waals surface area contributed by atoms with E-state index in [4.69, 9.17) is 18.8 Å². The van der Waals surface area contributed by atoms with Gasteiger partial charge < -0.3 is 18.8 Å². The van der Waals surface area contributed by atoms with Gasteiger partial charge in [0.1, 0.15) is 12.8 Å². The molecule has 2 aromatic rings. The van der Waals surface area contributed by atoms with Crippen LogP contribution in [-0.4, -0.2) is 55.0 Å². The SMILES string of the molecule is COCn1nc(B2OC(C)(C)C(C)(C)O2)cc1C1CC(C)(S(=O)(=O)c2cccc(C(F)(F)F)c2)CCO1. The third-order valence-corrected chi connectivity index (χ3v) is 10.1. The summed E-state index contributed by atoms with van der Waals surface area (Å²) in [7, 11) is -3.38. The summed E-state index contributed by atoms with van der Waals surface area (Å²) in [6, 6.07) is 5.60. The average Bonchev–Trinajstić information content (AvgIpc) is 3.31. The van der Waals surface area contributed by atoms with Crippen LogP contribution in [0, 0.1) is 0 Å². The lowest BCUT2D eigenvalue weighted by Gasteiger charge is -2.37. The van der Waals surface area contributed by atoms with Crippen molar-refractivity contribution in [1.82, 2.24) is 9.78 Å². The standard InChI is InChI=1S/C24H32BF3N2O6S/c1-21(2)22(3,4)36-25(35-21)20-13-18(30(29-20)15-33-6)19-14-23(5,10-11-34-19)37(31,32)17-9-7-8-16(12-17)24(26,27)28/h7-9,12-13,19H,10-11,14-15H2,1-6H3. The quantitative estimate of drug-likeness (QED) is 0.510. The highest BCUT2D eigenvalue weighted by molar-refractivity contribution is 7.92. The third-order valence-electron chi connectivity index (χ3n) is 7.59. The molecule has 0 bridgehead atoms. The van der Waals surface area contributed by atoms with Crippen molar-refractivity contribution in [3.8, 4) is 0 Å². The Morgan fingerprint density at radius 2 is 1.78 bits per heavy atom. The molecular weight excluding hydrogens is 512 g/mol. The molecule has 0 aliphatic carbocycles. The minimum atomic E-state index is -4.65. The molecule has 8 nitrogen and oxygen atoms in total. The third kappa shape index (κ3) is 5.08. The van der Waals surface area contributed by atoms with Crippen LogP contribution in [0.15, 0.2) is 35.2 Å². The molecule has 2 unspecified atom stereocenters. The second-order valence-corrected chi connectivity index (χ2v) is 13.3. The van der Waals surface area contributed by atoms with Crippen molar-refractivity contribution in [2.75, 3.05) is 13.7 Å². The van der Waals surface area contributed by atoms with Gasteiger partial charge in [-0.15, -0.1) is 0 Å². The Morgan fingerprint density at radius 3 is 2.38 bits per heavy atom. The van der Waals surface area contributed by atoms with Gasteiger partial charge in [0.25, 0.3) is 0 Å². The summed E-state index contributed by atoms with van der Waals surface area (Å²) in [4.78, 5) is -0.367. The number of ether oxygens (including phenoxy) is 2. The number of halogens is 3. The Bertz CT molecular complexity index is 1250. The van der Waals surface area contributed by atoms with Crippen molar-refractivity contribution < 1.29 is 40.4 Å². The molecular formula is C24H32BF3N2O6S. The topological polar surface area (TPSA) is 88.9 Å². The van der Waals surface area contributed by atoms with Crippen LogP contribution >= 0.6 is 0 Å². The van der Waals surface area contributed by atoms with E-state index in [0.717, 1.165) is 12.1 Å². The Kier molecular flexibility index (Phi) is 7.11. The van der Waals surface area contributed by atoms with Gasteiger partial charge in [0.15, 0.2) is 9.84 Å². The monoisotopic (exact) mass is 544 g/mol. The van der Waals surface area contributed by atoms with Gasteiger partial charge in [-0.2, -0.15) is 18.3 Å². The van der Waals surface area contributed by atoms with E-state index < -0.39 is 50.7 Å². The van der Waals surface area contributed by atoms with Crippen molar-refractivity contribution in [3.63, 3.8) is 0 Å². The second kappa shape index (κ2) is 9.37. The van der Waals surface area contributed by atoms with Crippen molar-refractivity contribution in [3.05, 3.63) is 41.6 Å². The molecule has 13 heteroatoms. The van der Waals surface area contributed by atoms with E-state index in [1.54, 1.807) is 17.7 Å². The van der Waals surface area contributed by atoms with Crippen molar-refractivity contribution >= 4 is 22.5 Å². The molecule has 4 rings (SSSR count). The fourth-order valence-corrected chi connectivity index (χ4v) is 6.38. The summed E-state index contributed by atoms with van der Waals surface area (Å²) in [5.41, 5.74) is -1.12. The van der Waals surface area contributed by atoms with Gasteiger partial charge in [-0.05, 0) is 71.7 Å². The summed E-state index contributed by atoms with van der Waals surface area (Å²) in [5, 5.41) is 4.58. The first-order chi connectivity index (χ1) is 17.0. The Balaban J connectivity index is 1.66. The minimum Gasteiger partial charge on any atom is -0.398 e. The van der Waals surface area contributed by atoms with Gasteiger partial charge in [-0.3, -0.25) is 0 Å². The van der Waals surface area contributed by atoms with Gasteiger partial charge in [-0.25, -0.2) is 13.1 Å². The van der Waals surface area contributed by atoms with Crippen molar-refractivity contribution in [1.29, 1.82) is 0 Å². The number of nitrogens with zero attached hydrogens (tertiary/aromatic N) is 2. The summed E-state index contributed by atoms with van der Waals surface area (Å²) in [6.07, 6.45) is -5.20. The molecule has 0 spiro atoms. The fourth-order valence-electron chi connectivity index (χ4n) is 4.54. The molecule has 2 aliphatic rings. The highest BCUT2D eigenvalue weighted by Gasteiger charge is 2.53. The van der Waals surface area contributed by atoms with Crippen LogP contribution in [0.5, 0.6) is 0 Å². The maximum Gasteiger partial charge on any atom is 0.516 e. The summed E-state index contributed by atoms with van der Waals surface area (Å²) in [6.45, 7) is 9.42. The Labute approximate surface area is 215 Å². The molecule has 204 valence electrons. The van der Waals surface area contributed by atoms with Gasteiger partial charge >= 0.3 is 13.3 Å². The zero-order valence-electron chi connectivity index (χ0n) is 21.8. The molecule has 0 radical (unpaired) electrons. The van der Waals surface area contributed by atoms with Crippen LogP contribution in [0.3, 0.4) is 0 Å². The van der Waals surface area contributed by atoms with E-state index in [1.165, 1.54) is 13.2 Å². The maximum absolute atomic E-state index is 13.6. The van der Waals surface area contributed by atoms with Gasteiger partial charge in [0.05, 0.1) is 37.7 Å². The van der Waals surface area contributed by atoms with Crippen LogP contribution < -0.4 is 5.59 Å². The zero-order chi connectivity index (χ0) is 27.4. The molecule has 2 saturated heterocycles. The summed E-state index contributed by atoms with van der Waals surface area (Å²) >= 11 is 0. The minimum absolute atomic E-state index is 0.0177. The molecule has 37 heavy (non-hydrogen) atoms. The van der Waals surface area contributed by atoms with E-state index in [1.807, 2.05) is 27.7 Å². The molecule has 2 atom stereocenters. The smallest absolute Gasteiger partial charge is 0.398 e. The number of hydrogen-bond donors (Lipinski definition) is 0. The van der Waals surface area contributed by atoms with Crippen LogP contribution in [-0.2, 0) is 41.5 Å². The van der Waals surface area contributed by atoms with Crippen LogP contribution in [0.25, 0.3) is 0 Å². The molecule has 2 fully saturated rings. The predicted octanol–water partition coefficient (Wildman–Crippen LogP) is 3.89. The van der Waals surface area contributed by atoms with Gasteiger partial charge in [0, 0.05) is 13.7 Å². The highest BCUT2D eigenvalue weighted by Crippen LogP contribution is 2.43. The molecule has 2 aliphatic heterocycles. The van der Waals surface area contributed by atoms with Crippen LogP contribution in [0.4, 0.5) is 13.2 Å². The highest BCUT2D eigenvalue weighted by atomic mass is 32.2. The van der Waals surface area contributed by atoms with Gasteiger partial charge in [-0.1, -0.05) is 6.07 Å². The zero-order valence-corrected chi connectivity index (χ0v) is 22.6. The number of hydrogen-bond acceptors (Lipinski definition) is 7. The first kappa shape index (κ1) is 28.1. The summed E-state index contributed by atoms with van der Waals surface area (Å²) in [5.74, 6) is 0.